The van der Waals surface area contributed by atoms with Gasteiger partial charge in [0.05, 0.1) is 18.3 Å². The zero-order valence-corrected chi connectivity index (χ0v) is 17.7. The third-order valence-electron chi connectivity index (χ3n) is 5.31. The van der Waals surface area contributed by atoms with E-state index in [0.29, 0.717) is 24.3 Å². The van der Waals surface area contributed by atoms with Gasteiger partial charge in [0, 0.05) is 38.4 Å². The van der Waals surface area contributed by atoms with E-state index in [9.17, 15) is 18.0 Å². The monoisotopic (exact) mass is 451 g/mol. The molecule has 4 rings (SSSR count). The van der Waals surface area contributed by atoms with Crippen LogP contribution in [0.3, 0.4) is 0 Å². The highest BCUT2D eigenvalue weighted by atomic mass is 19.3. The second kappa shape index (κ2) is 8.93. The molecule has 0 spiro atoms. The number of carbonyl (C=O) groups is 1. The van der Waals surface area contributed by atoms with Crippen molar-refractivity contribution in [2.45, 2.75) is 51.2 Å². The number of amides is 1. The molecular formula is C22H24F3N3O4. The molecule has 0 radical (unpaired) electrons. The number of hydrogen-bond donors (Lipinski definition) is 1. The molecule has 2 unspecified atom stereocenters. The first-order valence-corrected chi connectivity index (χ1v) is 10.4. The molecule has 172 valence electrons. The molecule has 2 aliphatic carbocycles. The van der Waals surface area contributed by atoms with Crippen molar-refractivity contribution < 1.29 is 31.9 Å². The fraction of sp³-hybridized carbons (Fsp3) is 0.500. The fourth-order valence-corrected chi connectivity index (χ4v) is 3.52. The molecular weight excluding hydrogens is 427 g/mol. The highest BCUT2D eigenvalue weighted by Gasteiger charge is 2.56. The summed E-state index contributed by atoms with van der Waals surface area (Å²) in [4.78, 5) is 19.4. The Bertz CT molecular complexity index is 1020. The van der Waals surface area contributed by atoms with Crippen molar-refractivity contribution in [3.8, 4) is 17.3 Å². The molecule has 7 nitrogen and oxygen atoms in total. The average molecular weight is 451 g/mol. The molecule has 2 aliphatic rings. The minimum atomic E-state index is -2.54. The van der Waals surface area contributed by atoms with E-state index >= 15 is 0 Å². The zero-order chi connectivity index (χ0) is 22.9. The number of aromatic nitrogens is 2. The predicted molar refractivity (Wildman–Crippen MR) is 109 cm³/mol. The maximum absolute atomic E-state index is 14.6. The van der Waals surface area contributed by atoms with Gasteiger partial charge in [0.15, 0.2) is 11.5 Å². The molecule has 32 heavy (non-hydrogen) atoms. The maximum Gasteiger partial charge on any atom is 0.251 e. The lowest BCUT2D eigenvalue weighted by Gasteiger charge is -2.16. The van der Waals surface area contributed by atoms with E-state index in [1.165, 1.54) is 19.2 Å². The smallest absolute Gasteiger partial charge is 0.251 e. The van der Waals surface area contributed by atoms with Crippen LogP contribution in [0, 0.1) is 11.7 Å². The Kier molecular flexibility index (Phi) is 6.23. The zero-order valence-electron chi connectivity index (χ0n) is 17.7. The third kappa shape index (κ3) is 5.29. The van der Waals surface area contributed by atoms with Gasteiger partial charge < -0.3 is 19.2 Å². The summed E-state index contributed by atoms with van der Waals surface area (Å²) in [6.07, 6.45) is 5.18. The van der Waals surface area contributed by atoms with E-state index in [4.69, 9.17) is 13.9 Å². The summed E-state index contributed by atoms with van der Waals surface area (Å²) in [6, 6.07) is 0.943. The Morgan fingerprint density at radius 3 is 2.91 bits per heavy atom. The first-order chi connectivity index (χ1) is 15.2. The second-order valence-electron chi connectivity index (χ2n) is 8.16. The van der Waals surface area contributed by atoms with E-state index in [1.807, 2.05) is 0 Å². The number of fused-ring (bicyclic) bond motifs is 1. The van der Waals surface area contributed by atoms with Crippen molar-refractivity contribution in [3.63, 3.8) is 0 Å². The van der Waals surface area contributed by atoms with E-state index in [1.54, 1.807) is 19.1 Å². The summed E-state index contributed by atoms with van der Waals surface area (Å²) >= 11 is 0. The van der Waals surface area contributed by atoms with Crippen LogP contribution in [-0.4, -0.2) is 47.2 Å². The Balaban J connectivity index is 1.34. The van der Waals surface area contributed by atoms with Crippen LogP contribution in [0.2, 0.25) is 0 Å². The van der Waals surface area contributed by atoms with Crippen LogP contribution in [-0.2, 0) is 16.0 Å². The van der Waals surface area contributed by atoms with Gasteiger partial charge in [-0.3, -0.25) is 4.79 Å². The molecule has 3 atom stereocenters. The molecule has 10 heteroatoms. The summed E-state index contributed by atoms with van der Waals surface area (Å²) in [5.74, 6) is -3.19. The van der Waals surface area contributed by atoms with Gasteiger partial charge in [0.25, 0.3) is 5.92 Å². The summed E-state index contributed by atoms with van der Waals surface area (Å²) in [5, 5.41) is 2.67. The molecule has 2 heterocycles. The average Bonchev–Trinajstić information content (AvgIpc) is 3.13. The van der Waals surface area contributed by atoms with E-state index in [0.717, 1.165) is 0 Å². The number of oxazole rings is 1. The number of carbonyl (C=O) groups excluding carboxylic acids is 1. The highest BCUT2D eigenvalue weighted by molar-refractivity contribution is 5.73. The Morgan fingerprint density at radius 2 is 2.22 bits per heavy atom. The van der Waals surface area contributed by atoms with Crippen molar-refractivity contribution in [1.29, 1.82) is 0 Å². The number of halogens is 3. The lowest BCUT2D eigenvalue weighted by atomic mass is 10.1. The van der Waals surface area contributed by atoms with Crippen LogP contribution in [0.5, 0.6) is 5.75 Å². The van der Waals surface area contributed by atoms with Gasteiger partial charge in [-0.25, -0.2) is 23.1 Å². The first-order valence-electron chi connectivity index (χ1n) is 10.4. The van der Waals surface area contributed by atoms with Gasteiger partial charge in [-0.15, -0.1) is 0 Å². The van der Waals surface area contributed by atoms with Gasteiger partial charge in [-0.05, 0) is 19.4 Å². The van der Waals surface area contributed by atoms with Crippen molar-refractivity contribution in [1.82, 2.24) is 15.3 Å². The molecule has 1 saturated carbocycles. The third-order valence-corrected chi connectivity index (χ3v) is 5.31. The standard InChI is InChI=1S/C22H24F3N3O4/c1-12(27-13(2)29)11-31-16-7-17(23)20(26-10-16)21-28-18-4-3-15(8-19(18)32-21)30-6-5-14-9-22(14,24)25/h3-4,7,10,12,14-15H,5-6,8-9,11H2,1-2H3,(H,27,29)/t12-,14?,15?/m0/s1. The quantitative estimate of drug-likeness (QED) is 0.625. The molecule has 2 aromatic heterocycles. The van der Waals surface area contributed by atoms with Crippen molar-refractivity contribution in [3.05, 3.63) is 35.6 Å². The number of nitrogens with one attached hydrogen (secondary N) is 1. The van der Waals surface area contributed by atoms with Gasteiger partial charge >= 0.3 is 0 Å². The summed E-state index contributed by atoms with van der Waals surface area (Å²) in [7, 11) is 0. The lowest BCUT2D eigenvalue weighted by Crippen LogP contribution is -2.35. The Hall–Kier alpha value is -2.88. The molecule has 0 aromatic carbocycles. The van der Waals surface area contributed by atoms with Crippen LogP contribution in [0.4, 0.5) is 13.2 Å². The number of ether oxygens (including phenoxy) is 2. The van der Waals surface area contributed by atoms with Gasteiger partial charge in [0.2, 0.25) is 11.8 Å². The maximum atomic E-state index is 14.6. The number of rotatable bonds is 9. The Morgan fingerprint density at radius 1 is 1.44 bits per heavy atom. The topological polar surface area (TPSA) is 86.5 Å². The van der Waals surface area contributed by atoms with Crippen LogP contribution < -0.4 is 10.1 Å². The second-order valence-corrected chi connectivity index (χ2v) is 8.16. The minimum Gasteiger partial charge on any atom is -0.490 e. The van der Waals surface area contributed by atoms with Gasteiger partial charge in [-0.2, -0.15) is 0 Å². The first kappa shape index (κ1) is 22.3. The molecule has 1 fully saturated rings. The normalized spacial score (nSPS) is 21.7. The number of nitrogens with zero attached hydrogens (tertiary/aromatic N) is 2. The number of pyridine rings is 1. The molecule has 0 saturated heterocycles. The molecule has 1 amide bonds. The van der Waals surface area contributed by atoms with E-state index in [-0.39, 0.29) is 55.0 Å². The van der Waals surface area contributed by atoms with E-state index < -0.39 is 17.7 Å². The summed E-state index contributed by atoms with van der Waals surface area (Å²) in [6.45, 7) is 3.58. The summed E-state index contributed by atoms with van der Waals surface area (Å²) < 4.78 is 57.3. The summed E-state index contributed by atoms with van der Waals surface area (Å²) in [5.41, 5.74) is 0.503. The van der Waals surface area contributed by atoms with Crippen LogP contribution in [0.15, 0.2) is 22.8 Å². The minimum absolute atomic E-state index is 0.0357. The van der Waals surface area contributed by atoms with Gasteiger partial charge in [-0.1, -0.05) is 6.08 Å². The molecule has 1 N–H and O–H groups in total. The SMILES string of the molecule is CC(=O)N[C@@H](C)COc1cnc(-c2nc3c(o2)CC(OCCC2CC2(F)F)C=C3)c(F)c1. The van der Waals surface area contributed by atoms with Crippen LogP contribution >= 0.6 is 0 Å². The van der Waals surface area contributed by atoms with Crippen molar-refractivity contribution in [2.24, 2.45) is 5.92 Å². The largest absolute Gasteiger partial charge is 0.490 e. The fourth-order valence-electron chi connectivity index (χ4n) is 3.52. The lowest BCUT2D eigenvalue weighted by molar-refractivity contribution is -0.119. The number of hydrogen-bond acceptors (Lipinski definition) is 6. The highest BCUT2D eigenvalue weighted by Crippen LogP contribution is 2.50. The van der Waals surface area contributed by atoms with Crippen LogP contribution in [0.25, 0.3) is 17.7 Å². The number of alkyl halides is 2. The Labute approximate surface area is 183 Å². The molecule has 0 bridgehead atoms. The van der Waals surface area contributed by atoms with Gasteiger partial charge in [0.1, 0.15) is 23.8 Å². The van der Waals surface area contributed by atoms with Crippen LogP contribution in [0.1, 0.15) is 38.1 Å². The van der Waals surface area contributed by atoms with Crippen molar-refractivity contribution in [2.75, 3.05) is 13.2 Å². The molecule has 0 aliphatic heterocycles. The van der Waals surface area contributed by atoms with E-state index in [2.05, 4.69) is 15.3 Å². The molecule has 2 aromatic rings. The van der Waals surface area contributed by atoms with Crippen molar-refractivity contribution >= 4 is 12.0 Å². The predicted octanol–water partition coefficient (Wildman–Crippen LogP) is 3.78.